The molecule has 0 radical (unpaired) electrons. The number of rotatable bonds is 7. The fraction of sp³-hybridized carbons (Fsp3) is 0.400. The molecule has 16 heavy (non-hydrogen) atoms. The second kappa shape index (κ2) is 7.86. The van der Waals surface area contributed by atoms with Crippen molar-refractivity contribution >= 4 is 12.3 Å². The van der Waals surface area contributed by atoms with Crippen LogP contribution in [0.2, 0.25) is 0 Å². The van der Waals surface area contributed by atoms with Gasteiger partial charge in [-0.25, -0.2) is 0 Å². The van der Waals surface area contributed by atoms with Crippen LogP contribution in [0.4, 0.5) is 0 Å². The molecule has 0 aliphatic heterocycles. The van der Waals surface area contributed by atoms with Crippen LogP contribution in [0.1, 0.15) is 43.7 Å². The summed E-state index contributed by atoms with van der Waals surface area (Å²) in [4.78, 5) is 4.42. The Labute approximate surface area is 98.9 Å². The Kier molecular flexibility index (Phi) is 6.24. The van der Waals surface area contributed by atoms with Crippen molar-refractivity contribution in [2.24, 2.45) is 4.99 Å². The van der Waals surface area contributed by atoms with E-state index in [-0.39, 0.29) is 0 Å². The van der Waals surface area contributed by atoms with Gasteiger partial charge in [0.05, 0.1) is 0 Å². The molecule has 0 unspecified atom stereocenters. The summed E-state index contributed by atoms with van der Waals surface area (Å²) >= 11 is 0. The van der Waals surface area contributed by atoms with Crippen LogP contribution in [0, 0.1) is 0 Å². The van der Waals surface area contributed by atoms with E-state index < -0.39 is 0 Å². The Morgan fingerprint density at radius 1 is 1.06 bits per heavy atom. The molecule has 0 saturated carbocycles. The van der Waals surface area contributed by atoms with Gasteiger partial charge < -0.3 is 0 Å². The molecule has 0 heterocycles. The van der Waals surface area contributed by atoms with E-state index in [1.54, 1.807) is 0 Å². The molecule has 1 rings (SSSR count). The smallest absolute Gasteiger partial charge is 0.0389 e. The first-order valence-electron chi connectivity index (χ1n) is 6.09. The molecule has 1 aromatic carbocycles. The third-order valence-corrected chi connectivity index (χ3v) is 2.55. The highest BCUT2D eigenvalue weighted by atomic mass is 14.7. The summed E-state index contributed by atoms with van der Waals surface area (Å²) in [5.41, 5.74) is 2.32. The molecule has 0 fully saturated rings. The fourth-order valence-electron chi connectivity index (χ4n) is 1.52. The standard InChI is InChI=1S/C15H21N/c1-3-5-6-7-12-16-13-15-10-8-14(4-2)9-11-15/h4,8-11,13H,2-3,5-7,12H2,1H3. The third-order valence-electron chi connectivity index (χ3n) is 2.55. The van der Waals surface area contributed by atoms with E-state index in [1.165, 1.54) is 31.2 Å². The Morgan fingerprint density at radius 3 is 2.38 bits per heavy atom. The number of aliphatic imine (C=N–C) groups is 1. The van der Waals surface area contributed by atoms with Gasteiger partial charge in [-0.05, 0) is 17.5 Å². The number of unbranched alkanes of at least 4 members (excludes halogenated alkanes) is 3. The van der Waals surface area contributed by atoms with Gasteiger partial charge in [-0.1, -0.05) is 63.1 Å². The molecular formula is C15H21N. The van der Waals surface area contributed by atoms with E-state index in [0.29, 0.717) is 0 Å². The molecule has 0 aromatic heterocycles. The number of hydrogen-bond acceptors (Lipinski definition) is 1. The number of hydrogen-bond donors (Lipinski definition) is 0. The first kappa shape index (κ1) is 12.7. The largest absolute Gasteiger partial charge is 0.293 e. The van der Waals surface area contributed by atoms with Crippen molar-refractivity contribution in [1.82, 2.24) is 0 Å². The normalized spacial score (nSPS) is 10.8. The molecule has 86 valence electrons. The lowest BCUT2D eigenvalue weighted by Crippen LogP contribution is -1.85. The summed E-state index contributed by atoms with van der Waals surface area (Å²) in [5, 5.41) is 0. The maximum atomic E-state index is 4.42. The lowest BCUT2D eigenvalue weighted by Gasteiger charge is -1.96. The van der Waals surface area contributed by atoms with Crippen molar-refractivity contribution in [3.05, 3.63) is 42.0 Å². The zero-order valence-electron chi connectivity index (χ0n) is 10.2. The predicted molar refractivity (Wildman–Crippen MR) is 73.1 cm³/mol. The summed E-state index contributed by atoms with van der Waals surface area (Å²) < 4.78 is 0. The van der Waals surface area contributed by atoms with Crippen molar-refractivity contribution in [3.8, 4) is 0 Å². The van der Waals surface area contributed by atoms with E-state index >= 15 is 0 Å². The van der Waals surface area contributed by atoms with Crippen molar-refractivity contribution in [2.75, 3.05) is 6.54 Å². The molecule has 1 heteroatoms. The van der Waals surface area contributed by atoms with Gasteiger partial charge in [0.25, 0.3) is 0 Å². The van der Waals surface area contributed by atoms with Gasteiger partial charge in [0.15, 0.2) is 0 Å². The first-order valence-corrected chi connectivity index (χ1v) is 6.09. The minimum absolute atomic E-state index is 0.948. The average molecular weight is 215 g/mol. The van der Waals surface area contributed by atoms with Crippen LogP contribution < -0.4 is 0 Å². The highest BCUT2D eigenvalue weighted by Gasteiger charge is 1.88. The highest BCUT2D eigenvalue weighted by molar-refractivity contribution is 5.79. The van der Waals surface area contributed by atoms with E-state index in [4.69, 9.17) is 0 Å². The maximum absolute atomic E-state index is 4.42. The molecule has 0 N–H and O–H groups in total. The molecule has 0 atom stereocenters. The monoisotopic (exact) mass is 215 g/mol. The summed E-state index contributed by atoms with van der Waals surface area (Å²) in [6.07, 6.45) is 8.92. The van der Waals surface area contributed by atoms with Gasteiger partial charge in [0, 0.05) is 12.8 Å². The van der Waals surface area contributed by atoms with Gasteiger partial charge in [-0.15, -0.1) is 0 Å². The minimum Gasteiger partial charge on any atom is -0.293 e. The molecule has 0 aliphatic carbocycles. The Morgan fingerprint density at radius 2 is 1.75 bits per heavy atom. The van der Waals surface area contributed by atoms with Crippen molar-refractivity contribution in [3.63, 3.8) is 0 Å². The Hall–Kier alpha value is -1.37. The second-order valence-corrected chi connectivity index (χ2v) is 3.97. The maximum Gasteiger partial charge on any atom is 0.0389 e. The molecule has 0 spiro atoms. The average Bonchev–Trinajstić information content (AvgIpc) is 2.34. The topological polar surface area (TPSA) is 12.4 Å². The number of nitrogens with zero attached hydrogens (tertiary/aromatic N) is 1. The third kappa shape index (κ3) is 4.92. The van der Waals surface area contributed by atoms with Gasteiger partial charge >= 0.3 is 0 Å². The molecule has 1 nitrogen and oxygen atoms in total. The fourth-order valence-corrected chi connectivity index (χ4v) is 1.52. The SMILES string of the molecule is C=Cc1ccc(C=NCCCCCC)cc1. The van der Waals surface area contributed by atoms with Crippen molar-refractivity contribution in [1.29, 1.82) is 0 Å². The number of benzene rings is 1. The minimum atomic E-state index is 0.948. The first-order chi connectivity index (χ1) is 7.86. The summed E-state index contributed by atoms with van der Waals surface area (Å²) in [7, 11) is 0. The van der Waals surface area contributed by atoms with Crippen LogP contribution in [-0.2, 0) is 0 Å². The van der Waals surface area contributed by atoms with E-state index in [0.717, 1.165) is 12.1 Å². The van der Waals surface area contributed by atoms with Gasteiger partial charge in [-0.2, -0.15) is 0 Å². The van der Waals surface area contributed by atoms with E-state index in [2.05, 4.69) is 42.8 Å². The van der Waals surface area contributed by atoms with Crippen molar-refractivity contribution < 1.29 is 0 Å². The molecule has 0 aliphatic rings. The van der Waals surface area contributed by atoms with Gasteiger partial charge in [0.1, 0.15) is 0 Å². The van der Waals surface area contributed by atoms with Crippen LogP contribution in [-0.4, -0.2) is 12.8 Å². The van der Waals surface area contributed by atoms with E-state index in [9.17, 15) is 0 Å². The Bertz CT molecular complexity index is 322. The van der Waals surface area contributed by atoms with Crippen molar-refractivity contribution in [2.45, 2.75) is 32.6 Å². The summed E-state index contributed by atoms with van der Waals surface area (Å²) in [6.45, 7) is 6.91. The predicted octanol–water partition coefficient (Wildman–Crippen LogP) is 4.33. The molecular weight excluding hydrogens is 194 g/mol. The van der Waals surface area contributed by atoms with Gasteiger partial charge in [-0.3, -0.25) is 4.99 Å². The molecule has 0 saturated heterocycles. The lowest BCUT2D eigenvalue weighted by atomic mass is 10.1. The van der Waals surface area contributed by atoms with E-state index in [1.807, 2.05) is 12.3 Å². The second-order valence-electron chi connectivity index (χ2n) is 3.97. The van der Waals surface area contributed by atoms with Crippen LogP contribution in [0.3, 0.4) is 0 Å². The van der Waals surface area contributed by atoms with Crippen LogP contribution in [0.25, 0.3) is 6.08 Å². The summed E-state index contributed by atoms with van der Waals surface area (Å²) in [5.74, 6) is 0. The van der Waals surface area contributed by atoms with Crippen LogP contribution in [0.15, 0.2) is 35.8 Å². The highest BCUT2D eigenvalue weighted by Crippen LogP contribution is 2.04. The van der Waals surface area contributed by atoms with Crippen LogP contribution in [0.5, 0.6) is 0 Å². The quantitative estimate of drug-likeness (QED) is 0.474. The summed E-state index contributed by atoms with van der Waals surface area (Å²) in [6, 6.07) is 8.27. The molecule has 0 bridgehead atoms. The Balaban J connectivity index is 2.29. The van der Waals surface area contributed by atoms with Crippen LogP contribution >= 0.6 is 0 Å². The lowest BCUT2D eigenvalue weighted by molar-refractivity contribution is 0.676. The molecule has 0 amide bonds. The zero-order valence-corrected chi connectivity index (χ0v) is 10.2. The molecule has 1 aromatic rings. The zero-order chi connectivity index (χ0) is 11.6. The van der Waals surface area contributed by atoms with Gasteiger partial charge in [0.2, 0.25) is 0 Å².